The van der Waals surface area contributed by atoms with Crippen LogP contribution in [-0.2, 0) is 11.8 Å². The number of hydrogen-bond donors (Lipinski definition) is 1. The van der Waals surface area contributed by atoms with E-state index in [1.807, 2.05) is 36.4 Å². The molecule has 29 heavy (non-hydrogen) atoms. The average molecular weight is 389 g/mol. The molecule has 1 amide bonds. The van der Waals surface area contributed by atoms with Crippen LogP contribution < -0.4 is 5.32 Å². The zero-order valence-electron chi connectivity index (χ0n) is 17.5. The van der Waals surface area contributed by atoms with Gasteiger partial charge in [-0.3, -0.25) is 14.8 Å². The molecule has 0 aliphatic rings. The van der Waals surface area contributed by atoms with E-state index in [1.165, 1.54) is 5.56 Å². The molecule has 0 saturated carbocycles. The molecule has 0 radical (unpaired) electrons. The van der Waals surface area contributed by atoms with Gasteiger partial charge < -0.3 is 10.2 Å². The van der Waals surface area contributed by atoms with Gasteiger partial charge in [-0.25, -0.2) is 0 Å². The maximum atomic E-state index is 12.8. The van der Waals surface area contributed by atoms with E-state index in [4.69, 9.17) is 0 Å². The van der Waals surface area contributed by atoms with Crippen LogP contribution >= 0.6 is 0 Å². The summed E-state index contributed by atoms with van der Waals surface area (Å²) < 4.78 is 0. The Labute approximate surface area is 172 Å². The highest BCUT2D eigenvalue weighted by Crippen LogP contribution is 2.31. The summed E-state index contributed by atoms with van der Waals surface area (Å²) in [4.78, 5) is 22.8. The maximum absolute atomic E-state index is 12.8. The lowest BCUT2D eigenvalue weighted by Crippen LogP contribution is -2.29. The van der Waals surface area contributed by atoms with Gasteiger partial charge in [0.25, 0.3) is 5.91 Å². The van der Waals surface area contributed by atoms with E-state index in [1.54, 1.807) is 30.5 Å². The van der Waals surface area contributed by atoms with E-state index in [0.29, 0.717) is 12.2 Å². The molecule has 3 aromatic rings. The maximum Gasteiger partial charge on any atom is 0.272 e. The van der Waals surface area contributed by atoms with Crippen LogP contribution in [0.25, 0.3) is 0 Å². The minimum absolute atomic E-state index is 0.0163. The molecular formula is C24H28N4O. The van der Waals surface area contributed by atoms with Crippen molar-refractivity contribution in [3.63, 3.8) is 0 Å². The van der Waals surface area contributed by atoms with Gasteiger partial charge in [0.2, 0.25) is 0 Å². The number of nitrogens with one attached hydrogen (secondary N) is 1. The van der Waals surface area contributed by atoms with Crippen molar-refractivity contribution in [2.24, 2.45) is 0 Å². The Hall–Kier alpha value is -3.21. The number of aromatic nitrogens is 2. The third-order valence-corrected chi connectivity index (χ3v) is 4.83. The minimum atomic E-state index is -0.0909. The summed E-state index contributed by atoms with van der Waals surface area (Å²) in [5.74, 6) is -0.0909. The third-order valence-electron chi connectivity index (χ3n) is 4.83. The number of benzene rings is 1. The SMILES string of the molecule is CN(CCc1ccncc1)C(=O)c1cc(Nc2ccccc2C(C)(C)C)ccn1. The lowest BCUT2D eigenvalue weighted by molar-refractivity contribution is 0.0791. The van der Waals surface area contributed by atoms with Crippen molar-refractivity contribution in [1.82, 2.24) is 14.9 Å². The van der Waals surface area contributed by atoms with Crippen molar-refractivity contribution in [2.45, 2.75) is 32.6 Å². The molecule has 0 unspecified atom stereocenters. The number of carbonyl (C=O) groups is 1. The Morgan fingerprint density at radius 2 is 1.76 bits per heavy atom. The molecular weight excluding hydrogens is 360 g/mol. The Kier molecular flexibility index (Phi) is 6.27. The lowest BCUT2D eigenvalue weighted by atomic mass is 9.86. The van der Waals surface area contributed by atoms with Crippen molar-refractivity contribution in [3.05, 3.63) is 83.9 Å². The van der Waals surface area contributed by atoms with Gasteiger partial charge in [0.15, 0.2) is 0 Å². The summed E-state index contributed by atoms with van der Waals surface area (Å²) in [6.07, 6.45) is 5.99. The summed E-state index contributed by atoms with van der Waals surface area (Å²) in [5, 5.41) is 3.45. The van der Waals surface area contributed by atoms with Gasteiger partial charge in [-0.15, -0.1) is 0 Å². The highest BCUT2D eigenvalue weighted by molar-refractivity contribution is 5.93. The number of anilines is 2. The number of para-hydroxylation sites is 1. The molecule has 2 heterocycles. The van der Waals surface area contributed by atoms with Crippen LogP contribution in [-0.4, -0.2) is 34.4 Å². The predicted molar refractivity (Wildman–Crippen MR) is 118 cm³/mol. The van der Waals surface area contributed by atoms with Crippen LogP contribution in [0.1, 0.15) is 42.4 Å². The molecule has 0 fully saturated rings. The van der Waals surface area contributed by atoms with Gasteiger partial charge >= 0.3 is 0 Å². The first-order valence-electron chi connectivity index (χ1n) is 9.81. The number of likely N-dealkylation sites (N-methyl/N-ethyl adjacent to an activating group) is 1. The van der Waals surface area contributed by atoms with E-state index in [0.717, 1.165) is 23.4 Å². The van der Waals surface area contributed by atoms with Crippen LogP contribution in [0.3, 0.4) is 0 Å². The van der Waals surface area contributed by atoms with Crippen LogP contribution in [0, 0.1) is 0 Å². The molecule has 0 bridgehead atoms. The van der Waals surface area contributed by atoms with E-state index in [2.05, 4.69) is 48.2 Å². The molecule has 5 heteroatoms. The van der Waals surface area contributed by atoms with Gasteiger partial charge in [0.1, 0.15) is 5.69 Å². The predicted octanol–water partition coefficient (Wildman–Crippen LogP) is 4.83. The quantitative estimate of drug-likeness (QED) is 0.657. The van der Waals surface area contributed by atoms with Crippen LogP contribution in [0.5, 0.6) is 0 Å². The number of hydrogen-bond acceptors (Lipinski definition) is 4. The molecule has 0 aliphatic carbocycles. The molecule has 0 spiro atoms. The second-order valence-corrected chi connectivity index (χ2v) is 8.18. The molecule has 3 rings (SSSR count). The fourth-order valence-electron chi connectivity index (χ4n) is 3.17. The van der Waals surface area contributed by atoms with E-state index in [9.17, 15) is 4.79 Å². The van der Waals surface area contributed by atoms with Crippen LogP contribution in [0.15, 0.2) is 67.1 Å². The number of amides is 1. The normalized spacial score (nSPS) is 11.2. The Bertz CT molecular complexity index is 964. The van der Waals surface area contributed by atoms with Gasteiger partial charge in [-0.05, 0) is 53.3 Å². The first kappa shape index (κ1) is 20.5. The molecule has 0 aliphatic heterocycles. The Morgan fingerprint density at radius 1 is 1.03 bits per heavy atom. The number of rotatable bonds is 6. The van der Waals surface area contributed by atoms with Crippen molar-refractivity contribution in [1.29, 1.82) is 0 Å². The van der Waals surface area contributed by atoms with Gasteiger partial charge in [-0.2, -0.15) is 0 Å². The standard InChI is InChI=1S/C24H28N4O/c1-24(2,3)20-7-5-6-8-21(20)27-19-11-15-26-22(17-19)23(29)28(4)16-12-18-9-13-25-14-10-18/h5-11,13-15,17H,12,16H2,1-4H3,(H,26,27). The summed E-state index contributed by atoms with van der Waals surface area (Å²) in [6, 6.07) is 15.9. The number of pyridine rings is 2. The monoisotopic (exact) mass is 388 g/mol. The fraction of sp³-hybridized carbons (Fsp3) is 0.292. The minimum Gasteiger partial charge on any atom is -0.355 e. The average Bonchev–Trinajstić information content (AvgIpc) is 2.72. The fourth-order valence-corrected chi connectivity index (χ4v) is 3.17. The summed E-state index contributed by atoms with van der Waals surface area (Å²) in [5.41, 5.74) is 4.71. The number of nitrogens with zero attached hydrogens (tertiary/aromatic N) is 3. The van der Waals surface area contributed by atoms with Gasteiger partial charge in [-0.1, -0.05) is 39.0 Å². The first-order valence-corrected chi connectivity index (χ1v) is 9.81. The Morgan fingerprint density at radius 3 is 2.48 bits per heavy atom. The van der Waals surface area contributed by atoms with E-state index in [-0.39, 0.29) is 11.3 Å². The topological polar surface area (TPSA) is 58.1 Å². The summed E-state index contributed by atoms with van der Waals surface area (Å²) in [7, 11) is 1.81. The first-order chi connectivity index (χ1) is 13.8. The van der Waals surface area contributed by atoms with E-state index < -0.39 is 0 Å². The van der Waals surface area contributed by atoms with Crippen LogP contribution in [0.2, 0.25) is 0 Å². The number of carbonyl (C=O) groups excluding carboxylic acids is 1. The van der Waals surface area contributed by atoms with Crippen molar-refractivity contribution in [3.8, 4) is 0 Å². The third kappa shape index (κ3) is 5.41. The van der Waals surface area contributed by atoms with E-state index >= 15 is 0 Å². The molecule has 2 aromatic heterocycles. The lowest BCUT2D eigenvalue weighted by Gasteiger charge is -2.23. The van der Waals surface area contributed by atoms with Crippen molar-refractivity contribution in [2.75, 3.05) is 18.9 Å². The molecule has 0 saturated heterocycles. The van der Waals surface area contributed by atoms with Crippen molar-refractivity contribution >= 4 is 17.3 Å². The molecule has 1 aromatic carbocycles. The summed E-state index contributed by atoms with van der Waals surface area (Å²) in [6.45, 7) is 7.18. The zero-order chi connectivity index (χ0) is 20.9. The van der Waals surface area contributed by atoms with Gasteiger partial charge in [0, 0.05) is 43.6 Å². The largest absolute Gasteiger partial charge is 0.355 e. The molecule has 150 valence electrons. The van der Waals surface area contributed by atoms with Crippen molar-refractivity contribution < 1.29 is 4.79 Å². The molecule has 0 atom stereocenters. The Balaban J connectivity index is 1.72. The second-order valence-electron chi connectivity index (χ2n) is 8.18. The molecule has 5 nitrogen and oxygen atoms in total. The summed E-state index contributed by atoms with van der Waals surface area (Å²) >= 11 is 0. The zero-order valence-corrected chi connectivity index (χ0v) is 17.5. The molecule has 1 N–H and O–H groups in total. The van der Waals surface area contributed by atoms with Gasteiger partial charge in [0.05, 0.1) is 0 Å². The smallest absolute Gasteiger partial charge is 0.272 e. The van der Waals surface area contributed by atoms with Crippen LogP contribution in [0.4, 0.5) is 11.4 Å². The highest BCUT2D eigenvalue weighted by Gasteiger charge is 2.18. The highest BCUT2D eigenvalue weighted by atomic mass is 16.2. The second kappa shape index (κ2) is 8.86.